The van der Waals surface area contributed by atoms with E-state index in [0.29, 0.717) is 39.7 Å². The van der Waals surface area contributed by atoms with E-state index >= 15 is 0 Å². The Kier molecular flexibility index (Phi) is 7.18. The number of thiocarbonyl (C=S) groups is 1. The van der Waals surface area contributed by atoms with Crippen LogP contribution in [-0.2, 0) is 14.8 Å². The number of nitrogens with one attached hydrogen (secondary N) is 3. The fourth-order valence-electron chi connectivity index (χ4n) is 3.12. The molecule has 178 valence electrons. The second-order valence-electron chi connectivity index (χ2n) is 7.25. The number of carbonyl (C=O) groups is 1. The Morgan fingerprint density at radius 2 is 1.51 bits per heavy atom. The molecule has 1 heterocycles. The second kappa shape index (κ2) is 10.5. The number of para-hydroxylation sites is 2. The highest BCUT2D eigenvalue weighted by Crippen LogP contribution is 2.19. The maximum absolute atomic E-state index is 12.8. The Bertz CT molecular complexity index is 1470. The largest absolute Gasteiger partial charge is 0.462 e. The quantitative estimate of drug-likeness (QED) is 0.246. The molecular formula is C24H21N5O4S2. The Labute approximate surface area is 207 Å². The summed E-state index contributed by atoms with van der Waals surface area (Å²) in [6, 6.07) is 20.0. The molecule has 0 atom stereocenters. The van der Waals surface area contributed by atoms with Crippen LogP contribution >= 0.6 is 12.2 Å². The average Bonchev–Trinajstić information content (AvgIpc) is 2.84. The van der Waals surface area contributed by atoms with Crippen molar-refractivity contribution in [3.8, 4) is 0 Å². The van der Waals surface area contributed by atoms with E-state index in [-0.39, 0.29) is 10.7 Å². The first-order chi connectivity index (χ1) is 16.8. The molecule has 35 heavy (non-hydrogen) atoms. The van der Waals surface area contributed by atoms with Gasteiger partial charge < -0.3 is 15.4 Å². The number of benzene rings is 3. The van der Waals surface area contributed by atoms with Crippen LogP contribution < -0.4 is 15.4 Å². The molecule has 9 nitrogen and oxygen atoms in total. The molecule has 4 rings (SSSR count). The molecule has 0 spiro atoms. The van der Waals surface area contributed by atoms with Crippen LogP contribution in [0, 0.1) is 0 Å². The van der Waals surface area contributed by atoms with Crippen molar-refractivity contribution in [2.24, 2.45) is 0 Å². The maximum Gasteiger partial charge on any atom is 0.338 e. The van der Waals surface area contributed by atoms with Crippen molar-refractivity contribution in [3.05, 3.63) is 84.6 Å². The van der Waals surface area contributed by atoms with E-state index in [4.69, 9.17) is 17.0 Å². The molecule has 1 aromatic heterocycles. The summed E-state index contributed by atoms with van der Waals surface area (Å²) in [4.78, 5) is 20.3. The summed E-state index contributed by atoms with van der Waals surface area (Å²) >= 11 is 5.32. The van der Waals surface area contributed by atoms with E-state index in [1.807, 2.05) is 6.07 Å². The second-order valence-corrected chi connectivity index (χ2v) is 9.34. The fraction of sp³-hybridized carbons (Fsp3) is 0.0833. The lowest BCUT2D eigenvalue weighted by Gasteiger charge is -2.12. The summed E-state index contributed by atoms with van der Waals surface area (Å²) in [6.07, 6.45) is 1.37. The third-order valence-electron chi connectivity index (χ3n) is 4.76. The van der Waals surface area contributed by atoms with Gasteiger partial charge in [-0.05, 0) is 79.8 Å². The zero-order chi connectivity index (χ0) is 24.8. The first kappa shape index (κ1) is 24.0. The number of anilines is 3. The summed E-state index contributed by atoms with van der Waals surface area (Å²) < 4.78 is 32.9. The van der Waals surface area contributed by atoms with E-state index in [2.05, 4.69) is 25.3 Å². The number of ether oxygens (including phenoxy) is 1. The van der Waals surface area contributed by atoms with Gasteiger partial charge in [-0.15, -0.1) is 0 Å². The highest BCUT2D eigenvalue weighted by Gasteiger charge is 2.15. The van der Waals surface area contributed by atoms with Crippen LogP contribution in [0.1, 0.15) is 17.3 Å². The SMILES string of the molecule is CCOC(=O)c1ccc(NC(=S)Nc2ccc(S(=O)(=O)Nc3cnc4ccccc4n3)cc2)cc1. The van der Waals surface area contributed by atoms with Crippen LogP contribution in [0.5, 0.6) is 0 Å². The molecule has 0 saturated carbocycles. The van der Waals surface area contributed by atoms with Gasteiger partial charge in [-0.2, -0.15) is 0 Å². The molecule has 4 aromatic rings. The molecule has 11 heteroatoms. The summed E-state index contributed by atoms with van der Waals surface area (Å²) in [5.41, 5.74) is 2.97. The fourth-order valence-corrected chi connectivity index (χ4v) is 4.34. The Morgan fingerprint density at radius 3 is 2.14 bits per heavy atom. The summed E-state index contributed by atoms with van der Waals surface area (Å²) in [7, 11) is -3.86. The van der Waals surface area contributed by atoms with Crippen molar-refractivity contribution < 1.29 is 17.9 Å². The smallest absolute Gasteiger partial charge is 0.338 e. The molecule has 0 amide bonds. The number of hydrogen-bond acceptors (Lipinski definition) is 7. The molecule has 3 aromatic carbocycles. The van der Waals surface area contributed by atoms with Crippen molar-refractivity contribution in [1.82, 2.24) is 9.97 Å². The minimum absolute atomic E-state index is 0.0615. The first-order valence-electron chi connectivity index (χ1n) is 10.5. The van der Waals surface area contributed by atoms with E-state index in [1.165, 1.54) is 18.3 Å². The van der Waals surface area contributed by atoms with Crippen molar-refractivity contribution in [2.45, 2.75) is 11.8 Å². The average molecular weight is 508 g/mol. The lowest BCUT2D eigenvalue weighted by atomic mass is 10.2. The van der Waals surface area contributed by atoms with Crippen LogP contribution in [0.25, 0.3) is 11.0 Å². The monoisotopic (exact) mass is 507 g/mol. The van der Waals surface area contributed by atoms with E-state index in [1.54, 1.807) is 61.5 Å². The predicted octanol–water partition coefficient (Wildman–Crippen LogP) is 4.42. The van der Waals surface area contributed by atoms with Crippen LogP contribution in [0.4, 0.5) is 17.2 Å². The standard InChI is InChI=1S/C24H21N5O4S2/c1-2-33-23(30)16-7-9-17(10-8-16)26-24(34)27-18-11-13-19(14-12-18)35(31,32)29-22-15-25-20-5-3-4-6-21(20)28-22/h3-15H,2H2,1H3,(H,28,29)(H2,26,27,34). The van der Waals surface area contributed by atoms with E-state index < -0.39 is 16.0 Å². The van der Waals surface area contributed by atoms with Gasteiger partial charge in [0.25, 0.3) is 10.0 Å². The van der Waals surface area contributed by atoms with Crippen LogP contribution in [0.3, 0.4) is 0 Å². The van der Waals surface area contributed by atoms with Gasteiger partial charge in [0.1, 0.15) is 0 Å². The van der Waals surface area contributed by atoms with Crippen molar-refractivity contribution in [3.63, 3.8) is 0 Å². The molecule has 0 aliphatic heterocycles. The number of carbonyl (C=O) groups excluding carboxylic acids is 1. The highest BCUT2D eigenvalue weighted by atomic mass is 32.2. The lowest BCUT2D eigenvalue weighted by molar-refractivity contribution is 0.0526. The van der Waals surface area contributed by atoms with Crippen molar-refractivity contribution >= 4 is 61.5 Å². The van der Waals surface area contributed by atoms with E-state index in [9.17, 15) is 13.2 Å². The van der Waals surface area contributed by atoms with Gasteiger partial charge in [-0.3, -0.25) is 9.71 Å². The number of esters is 1. The van der Waals surface area contributed by atoms with Gasteiger partial charge in [-0.1, -0.05) is 12.1 Å². The van der Waals surface area contributed by atoms with Gasteiger partial charge in [0, 0.05) is 11.4 Å². The Balaban J connectivity index is 1.37. The van der Waals surface area contributed by atoms with Crippen LogP contribution in [0.2, 0.25) is 0 Å². The number of rotatable bonds is 7. The lowest BCUT2D eigenvalue weighted by Crippen LogP contribution is -2.19. The number of aromatic nitrogens is 2. The molecule has 0 aliphatic carbocycles. The highest BCUT2D eigenvalue weighted by molar-refractivity contribution is 7.92. The van der Waals surface area contributed by atoms with Crippen molar-refractivity contribution in [2.75, 3.05) is 22.0 Å². The summed E-state index contributed by atoms with van der Waals surface area (Å²) in [6.45, 7) is 2.05. The molecule has 3 N–H and O–H groups in total. The maximum atomic E-state index is 12.8. The Hall–Kier alpha value is -4.09. The van der Waals surface area contributed by atoms with Gasteiger partial charge in [0.05, 0.1) is 34.3 Å². The third kappa shape index (κ3) is 6.08. The van der Waals surface area contributed by atoms with Crippen LogP contribution in [0.15, 0.2) is 83.9 Å². The zero-order valence-corrected chi connectivity index (χ0v) is 20.2. The topological polar surface area (TPSA) is 122 Å². The molecule has 0 fully saturated rings. The molecular weight excluding hydrogens is 486 g/mol. The third-order valence-corrected chi connectivity index (χ3v) is 6.34. The van der Waals surface area contributed by atoms with E-state index in [0.717, 1.165) is 0 Å². The normalized spacial score (nSPS) is 11.0. The van der Waals surface area contributed by atoms with Gasteiger partial charge in [0.15, 0.2) is 10.9 Å². The predicted molar refractivity (Wildman–Crippen MR) is 139 cm³/mol. The molecule has 0 radical (unpaired) electrons. The molecule has 0 aliphatic rings. The minimum Gasteiger partial charge on any atom is -0.462 e. The van der Waals surface area contributed by atoms with Gasteiger partial charge in [0.2, 0.25) is 0 Å². The summed E-state index contributed by atoms with van der Waals surface area (Å²) in [5, 5.41) is 6.29. The number of hydrogen-bond donors (Lipinski definition) is 3. The number of nitrogens with zero attached hydrogens (tertiary/aromatic N) is 2. The van der Waals surface area contributed by atoms with Gasteiger partial charge in [-0.25, -0.2) is 18.2 Å². The molecule has 0 saturated heterocycles. The first-order valence-corrected chi connectivity index (χ1v) is 12.4. The van der Waals surface area contributed by atoms with Gasteiger partial charge >= 0.3 is 5.97 Å². The number of fused-ring (bicyclic) bond motifs is 1. The molecule has 0 bridgehead atoms. The molecule has 0 unspecified atom stereocenters. The van der Waals surface area contributed by atoms with Crippen LogP contribution in [-0.4, -0.2) is 36.1 Å². The minimum atomic E-state index is -3.86. The summed E-state index contributed by atoms with van der Waals surface area (Å²) in [5.74, 6) is -0.262. The Morgan fingerprint density at radius 1 is 0.914 bits per heavy atom. The zero-order valence-electron chi connectivity index (χ0n) is 18.6. The number of sulfonamides is 1. The van der Waals surface area contributed by atoms with Crippen molar-refractivity contribution in [1.29, 1.82) is 0 Å².